The van der Waals surface area contributed by atoms with Crippen molar-refractivity contribution >= 4 is 27.5 Å². The van der Waals surface area contributed by atoms with E-state index < -0.39 is 0 Å². The number of nitrogens with one attached hydrogen (secondary N) is 1. The molecule has 0 aliphatic heterocycles. The normalized spacial score (nSPS) is 11.4. The van der Waals surface area contributed by atoms with Gasteiger partial charge >= 0.3 is 0 Å². The highest BCUT2D eigenvalue weighted by Gasteiger charge is 2.18. The molecule has 19 heavy (non-hydrogen) atoms. The highest BCUT2D eigenvalue weighted by molar-refractivity contribution is 9.10. The van der Waals surface area contributed by atoms with Crippen LogP contribution in [0.5, 0.6) is 0 Å². The molecule has 3 N–H and O–H groups in total. The van der Waals surface area contributed by atoms with Crippen molar-refractivity contribution in [2.75, 3.05) is 11.9 Å². The van der Waals surface area contributed by atoms with Crippen LogP contribution in [0.3, 0.4) is 0 Å². The topological polar surface area (TPSA) is 68.0 Å². The molecule has 5 heteroatoms. The van der Waals surface area contributed by atoms with E-state index in [9.17, 15) is 4.79 Å². The number of anilines is 1. The molecule has 1 heterocycles. The molecule has 0 spiro atoms. The summed E-state index contributed by atoms with van der Waals surface area (Å²) >= 11 is 3.33. The zero-order chi connectivity index (χ0) is 14.5. The molecule has 0 bridgehead atoms. The van der Waals surface area contributed by atoms with Gasteiger partial charge in [0.25, 0.3) is 0 Å². The largest absolute Gasteiger partial charge is 0.330 e. The number of carbonyl (C=O) groups excluding carboxylic acids is 1. The van der Waals surface area contributed by atoms with Crippen molar-refractivity contribution in [3.05, 3.63) is 22.4 Å². The lowest BCUT2D eigenvalue weighted by molar-refractivity contribution is -0.116. The van der Waals surface area contributed by atoms with E-state index in [0.29, 0.717) is 13.0 Å². The van der Waals surface area contributed by atoms with Crippen molar-refractivity contribution in [2.24, 2.45) is 11.1 Å². The summed E-state index contributed by atoms with van der Waals surface area (Å²) in [5.74, 6) is 0.0219. The molecule has 0 saturated heterocycles. The summed E-state index contributed by atoms with van der Waals surface area (Å²) in [5.41, 5.74) is 7.41. The predicted molar refractivity (Wildman–Crippen MR) is 82.0 cm³/mol. The van der Waals surface area contributed by atoms with Gasteiger partial charge in [0.15, 0.2) is 0 Å². The van der Waals surface area contributed by atoms with Crippen LogP contribution in [-0.2, 0) is 4.79 Å². The second-order valence-electron chi connectivity index (χ2n) is 5.58. The quantitative estimate of drug-likeness (QED) is 0.788. The molecule has 0 radical (unpaired) electrons. The minimum Gasteiger partial charge on any atom is -0.330 e. The minimum absolute atomic E-state index is 0.0219. The number of halogens is 1. The lowest BCUT2D eigenvalue weighted by atomic mass is 9.84. The Balaban J connectivity index is 2.49. The van der Waals surface area contributed by atoms with E-state index in [1.807, 2.05) is 13.0 Å². The lowest BCUT2D eigenvalue weighted by Crippen LogP contribution is -2.20. The molecule has 1 amide bonds. The van der Waals surface area contributed by atoms with Gasteiger partial charge in [-0.3, -0.25) is 4.79 Å². The van der Waals surface area contributed by atoms with Crippen molar-refractivity contribution in [1.82, 2.24) is 4.98 Å². The maximum absolute atomic E-state index is 11.9. The van der Waals surface area contributed by atoms with E-state index in [4.69, 9.17) is 5.73 Å². The summed E-state index contributed by atoms with van der Waals surface area (Å²) in [6, 6.07) is 1.90. The number of nitrogens with zero attached hydrogens (tertiary/aromatic N) is 1. The fourth-order valence-corrected chi connectivity index (χ4v) is 2.03. The highest BCUT2D eigenvalue weighted by atomic mass is 79.9. The zero-order valence-corrected chi connectivity index (χ0v) is 13.4. The van der Waals surface area contributed by atoms with Crippen LogP contribution in [0.4, 0.5) is 5.69 Å². The summed E-state index contributed by atoms with van der Waals surface area (Å²) in [6.07, 6.45) is 3.92. The summed E-state index contributed by atoms with van der Waals surface area (Å²) in [4.78, 5) is 16.0. The minimum atomic E-state index is 0.0219. The van der Waals surface area contributed by atoms with Gasteiger partial charge in [0.1, 0.15) is 4.60 Å². The molecule has 0 unspecified atom stereocenters. The number of aryl methyl sites for hydroxylation is 1. The van der Waals surface area contributed by atoms with Gasteiger partial charge in [-0.15, -0.1) is 0 Å². The third-order valence-electron chi connectivity index (χ3n) is 3.15. The smallest absolute Gasteiger partial charge is 0.224 e. The van der Waals surface area contributed by atoms with Gasteiger partial charge in [-0.05, 0) is 59.3 Å². The van der Waals surface area contributed by atoms with Crippen molar-refractivity contribution in [2.45, 2.75) is 40.0 Å². The number of amides is 1. The van der Waals surface area contributed by atoms with Gasteiger partial charge in [0.05, 0.1) is 11.9 Å². The van der Waals surface area contributed by atoms with Crippen LogP contribution in [0.15, 0.2) is 16.9 Å². The first-order valence-electron chi connectivity index (χ1n) is 6.46. The molecular weight excluding hydrogens is 306 g/mol. The van der Waals surface area contributed by atoms with E-state index in [1.54, 1.807) is 6.20 Å². The van der Waals surface area contributed by atoms with Crippen LogP contribution in [-0.4, -0.2) is 17.4 Å². The Labute approximate surface area is 123 Å². The predicted octanol–water partition coefficient (Wildman–Crippen LogP) is 3.25. The van der Waals surface area contributed by atoms with E-state index >= 15 is 0 Å². The first-order chi connectivity index (χ1) is 8.84. The average molecular weight is 328 g/mol. The molecule has 1 rings (SSSR count). The van der Waals surface area contributed by atoms with Crippen LogP contribution in [0.2, 0.25) is 0 Å². The summed E-state index contributed by atoms with van der Waals surface area (Å²) in [6.45, 7) is 6.87. The number of hydrogen-bond acceptors (Lipinski definition) is 3. The Hall–Kier alpha value is -0.940. The van der Waals surface area contributed by atoms with Crippen molar-refractivity contribution in [3.8, 4) is 0 Å². The Kier molecular flexibility index (Phi) is 5.94. The fourth-order valence-electron chi connectivity index (χ4n) is 1.82. The van der Waals surface area contributed by atoms with Crippen molar-refractivity contribution < 1.29 is 4.79 Å². The van der Waals surface area contributed by atoms with Crippen LogP contribution in [0.1, 0.15) is 38.7 Å². The molecular formula is C14H22BrN3O. The van der Waals surface area contributed by atoms with Gasteiger partial charge in [-0.2, -0.15) is 0 Å². The van der Waals surface area contributed by atoms with Crippen LogP contribution in [0.25, 0.3) is 0 Å². The molecule has 4 nitrogen and oxygen atoms in total. The standard InChI is InChI=1S/C14H22BrN3O/c1-10-8-11(9-17-13(10)15)18-12(19)4-5-14(2,3)6-7-16/h8-9H,4-7,16H2,1-3H3,(H,18,19). The first-order valence-corrected chi connectivity index (χ1v) is 7.25. The molecule has 0 aliphatic carbocycles. The van der Waals surface area contributed by atoms with Crippen LogP contribution in [0, 0.1) is 12.3 Å². The van der Waals surface area contributed by atoms with E-state index in [1.165, 1.54) is 0 Å². The molecule has 1 aromatic heterocycles. The van der Waals surface area contributed by atoms with E-state index in [0.717, 1.165) is 28.7 Å². The Morgan fingerprint density at radius 3 is 2.74 bits per heavy atom. The number of nitrogens with two attached hydrogens (primary N) is 1. The van der Waals surface area contributed by atoms with Crippen LogP contribution >= 0.6 is 15.9 Å². The Morgan fingerprint density at radius 1 is 1.47 bits per heavy atom. The second kappa shape index (κ2) is 7.01. The SMILES string of the molecule is Cc1cc(NC(=O)CCC(C)(C)CCN)cnc1Br. The Bertz CT molecular complexity index is 446. The molecule has 1 aromatic rings. The van der Waals surface area contributed by atoms with E-state index in [2.05, 4.69) is 40.1 Å². The number of hydrogen-bond donors (Lipinski definition) is 2. The lowest BCUT2D eigenvalue weighted by Gasteiger charge is -2.23. The molecule has 0 saturated carbocycles. The molecule has 0 aliphatic rings. The average Bonchev–Trinajstić information content (AvgIpc) is 2.32. The second-order valence-corrected chi connectivity index (χ2v) is 6.33. The van der Waals surface area contributed by atoms with Gasteiger partial charge < -0.3 is 11.1 Å². The van der Waals surface area contributed by atoms with Gasteiger partial charge in [-0.25, -0.2) is 4.98 Å². The maximum atomic E-state index is 11.9. The van der Waals surface area contributed by atoms with Crippen molar-refractivity contribution in [3.63, 3.8) is 0 Å². The third-order valence-corrected chi connectivity index (χ3v) is 3.98. The van der Waals surface area contributed by atoms with E-state index in [-0.39, 0.29) is 11.3 Å². The monoisotopic (exact) mass is 327 g/mol. The number of pyridine rings is 1. The third kappa shape index (κ3) is 5.70. The molecule has 0 fully saturated rings. The number of carbonyl (C=O) groups is 1. The van der Waals surface area contributed by atoms with Gasteiger partial charge in [-0.1, -0.05) is 13.8 Å². The molecule has 0 atom stereocenters. The van der Waals surface area contributed by atoms with Crippen LogP contribution < -0.4 is 11.1 Å². The highest BCUT2D eigenvalue weighted by Crippen LogP contribution is 2.26. The summed E-state index contributed by atoms with van der Waals surface area (Å²) < 4.78 is 0.801. The first kappa shape index (κ1) is 16.1. The Morgan fingerprint density at radius 2 is 2.16 bits per heavy atom. The number of aromatic nitrogens is 1. The maximum Gasteiger partial charge on any atom is 0.224 e. The number of rotatable bonds is 6. The van der Waals surface area contributed by atoms with Gasteiger partial charge in [0, 0.05) is 6.42 Å². The summed E-state index contributed by atoms with van der Waals surface area (Å²) in [7, 11) is 0. The summed E-state index contributed by atoms with van der Waals surface area (Å²) in [5, 5.41) is 2.87. The van der Waals surface area contributed by atoms with Crippen molar-refractivity contribution in [1.29, 1.82) is 0 Å². The molecule has 0 aromatic carbocycles. The fraction of sp³-hybridized carbons (Fsp3) is 0.571. The molecule has 106 valence electrons. The zero-order valence-electron chi connectivity index (χ0n) is 11.8. The van der Waals surface area contributed by atoms with Gasteiger partial charge in [0.2, 0.25) is 5.91 Å².